The minimum absolute atomic E-state index is 0.216. The van der Waals surface area contributed by atoms with Crippen LogP contribution in [0.5, 0.6) is 0 Å². The molecule has 0 saturated carbocycles. The molecule has 6 heteroatoms. The number of nitrogens with zero attached hydrogens (tertiary/aromatic N) is 1. The molecule has 0 spiro atoms. The molecule has 0 N–H and O–H groups in total. The van der Waals surface area contributed by atoms with Crippen LogP contribution >= 0.6 is 11.6 Å². The number of hydrogen-bond donors (Lipinski definition) is 0. The normalized spacial score (nSPS) is 11.4. The Kier molecular flexibility index (Phi) is 6.91. The van der Waals surface area contributed by atoms with Gasteiger partial charge < -0.3 is 14.2 Å². The van der Waals surface area contributed by atoms with Crippen molar-refractivity contribution in [2.24, 2.45) is 0 Å². The van der Waals surface area contributed by atoms with Gasteiger partial charge in [-0.25, -0.2) is 0 Å². The van der Waals surface area contributed by atoms with E-state index in [1.807, 2.05) is 0 Å². The molecule has 1 aromatic heterocycles. The second kappa shape index (κ2) is 8.19. The maximum Gasteiger partial charge on any atom is 0.305 e. The Morgan fingerprint density at radius 1 is 1.30 bits per heavy atom. The number of pyridine rings is 1. The molecule has 1 heterocycles. The third kappa shape index (κ3) is 4.44. The first-order valence-electron chi connectivity index (χ1n) is 6.37. The van der Waals surface area contributed by atoms with E-state index in [1.165, 1.54) is 7.11 Å². The summed E-state index contributed by atoms with van der Waals surface area (Å²) in [7, 11) is 4.51. The van der Waals surface area contributed by atoms with Crippen molar-refractivity contribution in [2.45, 2.75) is 31.5 Å². The minimum atomic E-state index is -0.943. The first kappa shape index (κ1) is 16.9. The summed E-state index contributed by atoms with van der Waals surface area (Å²) in [6.45, 7) is 0. The molecule has 0 atom stereocenters. The Morgan fingerprint density at radius 3 is 2.55 bits per heavy atom. The third-order valence-electron chi connectivity index (χ3n) is 3.14. The highest BCUT2D eigenvalue weighted by atomic mass is 35.5. The van der Waals surface area contributed by atoms with Crippen LogP contribution in [-0.2, 0) is 24.8 Å². The lowest BCUT2D eigenvalue weighted by atomic mass is 10.0. The summed E-state index contributed by atoms with van der Waals surface area (Å²) in [5.74, 6) is -1.16. The predicted molar refractivity (Wildman–Crippen MR) is 75.4 cm³/mol. The van der Waals surface area contributed by atoms with Crippen molar-refractivity contribution >= 4 is 17.6 Å². The number of hydrogen-bond acceptors (Lipinski definition) is 5. The Balaban J connectivity index is 2.70. The predicted octanol–water partition coefficient (Wildman–Crippen LogP) is 2.91. The van der Waals surface area contributed by atoms with Crippen LogP contribution in [-0.4, -0.2) is 32.3 Å². The van der Waals surface area contributed by atoms with Gasteiger partial charge in [0.15, 0.2) is 0 Å². The molecule has 20 heavy (non-hydrogen) atoms. The fourth-order valence-electron chi connectivity index (χ4n) is 1.97. The number of unbranched alkanes of at least 4 members (excludes halogenated alkanes) is 1. The minimum Gasteiger partial charge on any atom is -0.469 e. The largest absolute Gasteiger partial charge is 0.469 e. The van der Waals surface area contributed by atoms with Gasteiger partial charge in [0.1, 0.15) is 5.69 Å². The Morgan fingerprint density at radius 2 is 2.00 bits per heavy atom. The van der Waals surface area contributed by atoms with Crippen molar-refractivity contribution in [3.8, 4) is 0 Å². The first-order valence-corrected chi connectivity index (χ1v) is 6.75. The van der Waals surface area contributed by atoms with Gasteiger partial charge in [0.05, 0.1) is 7.11 Å². The van der Waals surface area contributed by atoms with Crippen molar-refractivity contribution in [1.29, 1.82) is 0 Å². The second-order valence-electron chi connectivity index (χ2n) is 4.30. The van der Waals surface area contributed by atoms with Crippen LogP contribution in [0, 0.1) is 0 Å². The van der Waals surface area contributed by atoms with Gasteiger partial charge >= 0.3 is 5.97 Å². The summed E-state index contributed by atoms with van der Waals surface area (Å²) in [6.07, 6.45) is 4.00. The molecule has 1 rings (SSSR count). The number of carbonyl (C=O) groups is 1. The van der Waals surface area contributed by atoms with Crippen molar-refractivity contribution in [1.82, 2.24) is 4.98 Å². The highest BCUT2D eigenvalue weighted by molar-refractivity contribution is 6.30. The summed E-state index contributed by atoms with van der Waals surface area (Å²) in [6, 6.07) is 3.41. The maximum absolute atomic E-state index is 11.1. The molecule has 0 radical (unpaired) electrons. The quantitative estimate of drug-likeness (QED) is 0.420. The van der Waals surface area contributed by atoms with Gasteiger partial charge in [-0.3, -0.25) is 9.78 Å². The molecule has 0 bridgehead atoms. The monoisotopic (exact) mass is 301 g/mol. The van der Waals surface area contributed by atoms with Gasteiger partial charge in [-0.2, -0.15) is 0 Å². The number of ether oxygens (including phenoxy) is 3. The van der Waals surface area contributed by atoms with Gasteiger partial charge in [0, 0.05) is 38.3 Å². The van der Waals surface area contributed by atoms with Crippen molar-refractivity contribution in [3.63, 3.8) is 0 Å². The van der Waals surface area contributed by atoms with E-state index in [2.05, 4.69) is 9.72 Å². The number of aromatic nitrogens is 1. The van der Waals surface area contributed by atoms with Gasteiger partial charge in [-0.05, 0) is 25.0 Å². The first-order chi connectivity index (χ1) is 9.57. The van der Waals surface area contributed by atoms with Gasteiger partial charge in [-0.1, -0.05) is 11.6 Å². The fraction of sp³-hybridized carbons (Fsp3) is 0.571. The second-order valence-corrected chi connectivity index (χ2v) is 4.74. The number of halogens is 1. The van der Waals surface area contributed by atoms with E-state index in [9.17, 15) is 4.79 Å². The average molecular weight is 302 g/mol. The zero-order valence-electron chi connectivity index (χ0n) is 12.0. The van der Waals surface area contributed by atoms with Crippen molar-refractivity contribution in [3.05, 3.63) is 29.0 Å². The lowest BCUT2D eigenvalue weighted by molar-refractivity contribution is -0.223. The van der Waals surface area contributed by atoms with Gasteiger partial charge in [0.2, 0.25) is 5.79 Å². The van der Waals surface area contributed by atoms with E-state index in [0.717, 1.165) is 6.42 Å². The zero-order chi connectivity index (χ0) is 15.0. The third-order valence-corrected chi connectivity index (χ3v) is 3.37. The molecular weight excluding hydrogens is 282 g/mol. The highest BCUT2D eigenvalue weighted by Gasteiger charge is 2.33. The molecule has 0 unspecified atom stereocenters. The number of esters is 1. The Bertz CT molecular complexity index is 435. The summed E-state index contributed by atoms with van der Waals surface area (Å²) < 4.78 is 15.6. The molecule has 0 amide bonds. The zero-order valence-corrected chi connectivity index (χ0v) is 12.8. The SMILES string of the molecule is COC(=O)CCCCC(OC)(OC)c1cc(Cl)ccn1. The van der Waals surface area contributed by atoms with Crippen LogP contribution in [0.15, 0.2) is 18.3 Å². The lowest BCUT2D eigenvalue weighted by Crippen LogP contribution is -2.32. The number of carbonyl (C=O) groups excluding carboxylic acids is 1. The maximum atomic E-state index is 11.1. The topological polar surface area (TPSA) is 57.7 Å². The van der Waals surface area contributed by atoms with Crippen LogP contribution in [0.1, 0.15) is 31.4 Å². The number of rotatable bonds is 8. The van der Waals surface area contributed by atoms with Crippen LogP contribution in [0.4, 0.5) is 0 Å². The smallest absolute Gasteiger partial charge is 0.305 e. The molecule has 0 aliphatic rings. The van der Waals surface area contributed by atoms with E-state index in [-0.39, 0.29) is 5.97 Å². The Hall–Kier alpha value is -1.17. The van der Waals surface area contributed by atoms with Crippen LogP contribution in [0.2, 0.25) is 5.02 Å². The summed E-state index contributed by atoms with van der Waals surface area (Å²) >= 11 is 5.97. The summed E-state index contributed by atoms with van der Waals surface area (Å²) in [5, 5.41) is 0.572. The average Bonchev–Trinajstić information content (AvgIpc) is 2.47. The molecule has 0 fully saturated rings. The number of methoxy groups -OCH3 is 3. The van der Waals surface area contributed by atoms with E-state index in [0.29, 0.717) is 30.0 Å². The van der Waals surface area contributed by atoms with Crippen molar-refractivity contribution < 1.29 is 19.0 Å². The van der Waals surface area contributed by atoms with Gasteiger partial charge in [-0.15, -0.1) is 0 Å². The summed E-state index contributed by atoms with van der Waals surface area (Å²) in [5.41, 5.74) is 0.619. The van der Waals surface area contributed by atoms with E-state index in [4.69, 9.17) is 21.1 Å². The summed E-state index contributed by atoms with van der Waals surface area (Å²) in [4.78, 5) is 15.3. The highest BCUT2D eigenvalue weighted by Crippen LogP contribution is 2.31. The van der Waals surface area contributed by atoms with E-state index < -0.39 is 5.79 Å². The standard InChI is InChI=1S/C14H20ClNO4/c1-18-13(17)6-4-5-8-14(19-2,20-3)12-10-11(15)7-9-16-12/h7,9-10H,4-6,8H2,1-3H3. The molecule has 0 aromatic carbocycles. The van der Waals surface area contributed by atoms with Gasteiger partial charge in [0.25, 0.3) is 0 Å². The van der Waals surface area contributed by atoms with E-state index >= 15 is 0 Å². The molecular formula is C14H20ClNO4. The van der Waals surface area contributed by atoms with E-state index in [1.54, 1.807) is 32.5 Å². The van der Waals surface area contributed by atoms with Crippen LogP contribution < -0.4 is 0 Å². The molecule has 112 valence electrons. The molecule has 0 saturated heterocycles. The Labute approximate surface area is 124 Å². The van der Waals surface area contributed by atoms with Crippen LogP contribution in [0.25, 0.3) is 0 Å². The molecule has 1 aromatic rings. The lowest BCUT2D eigenvalue weighted by Gasteiger charge is -2.30. The van der Waals surface area contributed by atoms with Crippen LogP contribution in [0.3, 0.4) is 0 Å². The molecule has 0 aliphatic carbocycles. The fourth-order valence-corrected chi connectivity index (χ4v) is 2.13. The molecule has 5 nitrogen and oxygen atoms in total. The molecule has 0 aliphatic heterocycles. The van der Waals surface area contributed by atoms with Crippen molar-refractivity contribution in [2.75, 3.05) is 21.3 Å².